The van der Waals surface area contributed by atoms with Crippen molar-refractivity contribution in [2.45, 2.75) is 13.2 Å². The molecule has 0 radical (unpaired) electrons. The maximum Gasteiger partial charge on any atom is 0.194 e. The number of hydrogen-bond acceptors (Lipinski definition) is 3. The summed E-state index contributed by atoms with van der Waals surface area (Å²) in [5, 5.41) is 0. The first-order chi connectivity index (χ1) is 15.2. The van der Waals surface area contributed by atoms with E-state index in [1.165, 1.54) is 11.1 Å². The van der Waals surface area contributed by atoms with E-state index in [0.717, 1.165) is 0 Å². The summed E-state index contributed by atoms with van der Waals surface area (Å²) >= 11 is 0. The van der Waals surface area contributed by atoms with E-state index in [1.807, 2.05) is 36.4 Å². The molecular weight excluding hydrogens is 384 g/mol. The Balaban J connectivity index is 0.000000150. The molecule has 0 N–H and O–H groups in total. The van der Waals surface area contributed by atoms with Gasteiger partial charge in [-0.05, 0) is 11.1 Å². The Hall–Kier alpha value is -3.82. The van der Waals surface area contributed by atoms with Crippen LogP contribution < -0.4 is 0 Å². The van der Waals surface area contributed by atoms with Crippen LogP contribution in [0.5, 0.6) is 0 Å². The van der Waals surface area contributed by atoms with Gasteiger partial charge in [-0.2, -0.15) is 0 Å². The second kappa shape index (κ2) is 9.79. The Kier molecular flexibility index (Phi) is 6.46. The van der Waals surface area contributed by atoms with Crippen molar-refractivity contribution in [1.29, 1.82) is 0 Å². The maximum absolute atomic E-state index is 12.1. The molecule has 0 aromatic heterocycles. The van der Waals surface area contributed by atoms with Crippen LogP contribution in [-0.2, 0) is 18.0 Å². The summed E-state index contributed by atoms with van der Waals surface area (Å²) < 4.78 is 5.61. The van der Waals surface area contributed by atoms with Crippen molar-refractivity contribution in [3.63, 3.8) is 0 Å². The molecule has 5 rings (SSSR count). The van der Waals surface area contributed by atoms with Crippen LogP contribution in [0.3, 0.4) is 0 Å². The molecular formula is C28H22O3. The van der Waals surface area contributed by atoms with Crippen LogP contribution in [0.1, 0.15) is 43.0 Å². The van der Waals surface area contributed by atoms with Gasteiger partial charge in [0.1, 0.15) is 0 Å². The Morgan fingerprint density at radius 1 is 0.419 bits per heavy atom. The molecule has 3 heteroatoms. The van der Waals surface area contributed by atoms with Crippen molar-refractivity contribution in [3.8, 4) is 0 Å². The van der Waals surface area contributed by atoms with Gasteiger partial charge < -0.3 is 4.74 Å². The van der Waals surface area contributed by atoms with E-state index in [1.54, 1.807) is 48.5 Å². The lowest BCUT2D eigenvalue weighted by atomic mass is 9.84. The van der Waals surface area contributed by atoms with Crippen LogP contribution in [0, 0.1) is 0 Å². The van der Waals surface area contributed by atoms with Crippen molar-refractivity contribution in [2.24, 2.45) is 0 Å². The lowest BCUT2D eigenvalue weighted by Crippen LogP contribution is -2.20. The van der Waals surface area contributed by atoms with E-state index < -0.39 is 0 Å². The van der Waals surface area contributed by atoms with E-state index in [9.17, 15) is 9.59 Å². The van der Waals surface area contributed by atoms with Gasteiger partial charge in [0.15, 0.2) is 11.6 Å². The Bertz CT molecular complexity index is 1040. The molecule has 0 fully saturated rings. The highest BCUT2D eigenvalue weighted by Crippen LogP contribution is 2.26. The van der Waals surface area contributed by atoms with E-state index in [4.69, 9.17) is 4.74 Å². The van der Waals surface area contributed by atoms with Gasteiger partial charge in [-0.25, -0.2) is 0 Å². The van der Waals surface area contributed by atoms with E-state index in [-0.39, 0.29) is 11.6 Å². The van der Waals surface area contributed by atoms with Crippen molar-refractivity contribution < 1.29 is 14.3 Å². The number of benzene rings is 4. The normalized spacial score (nSPS) is 11.7. The third kappa shape index (κ3) is 4.85. The third-order valence-electron chi connectivity index (χ3n) is 5.06. The number of rotatable bonds is 4. The van der Waals surface area contributed by atoms with Gasteiger partial charge >= 0.3 is 0 Å². The topological polar surface area (TPSA) is 43.4 Å². The highest BCUT2D eigenvalue weighted by atomic mass is 16.5. The minimum absolute atomic E-state index is 0.0641. The lowest BCUT2D eigenvalue weighted by Gasteiger charge is -2.16. The first-order valence-electron chi connectivity index (χ1n) is 10.2. The highest BCUT2D eigenvalue weighted by Gasteiger charge is 2.28. The van der Waals surface area contributed by atoms with Gasteiger partial charge in [0.05, 0.1) is 13.2 Å². The average Bonchev–Trinajstić information content (AvgIpc) is 2.84. The number of fused-ring (bicyclic) bond motifs is 2. The second-order valence-corrected chi connectivity index (χ2v) is 7.21. The van der Waals surface area contributed by atoms with Crippen LogP contribution in [0.2, 0.25) is 0 Å². The molecule has 0 spiro atoms. The summed E-state index contributed by atoms with van der Waals surface area (Å²) in [6.45, 7) is 1.35. The summed E-state index contributed by atoms with van der Waals surface area (Å²) in [5.74, 6) is -0.128. The van der Waals surface area contributed by atoms with Gasteiger partial charge in [-0.1, -0.05) is 109 Å². The third-order valence-corrected chi connectivity index (χ3v) is 5.06. The SMILES string of the molecule is O=C1c2ccccc2C(=O)c2ccccc21.c1ccc(COCc2ccccc2)cc1. The second-order valence-electron chi connectivity index (χ2n) is 7.21. The van der Waals surface area contributed by atoms with Crippen LogP contribution in [0.4, 0.5) is 0 Å². The van der Waals surface area contributed by atoms with Crippen LogP contribution >= 0.6 is 0 Å². The van der Waals surface area contributed by atoms with Gasteiger partial charge in [-0.3, -0.25) is 9.59 Å². The van der Waals surface area contributed by atoms with Crippen molar-refractivity contribution in [3.05, 3.63) is 143 Å². The van der Waals surface area contributed by atoms with E-state index in [0.29, 0.717) is 35.5 Å². The quantitative estimate of drug-likeness (QED) is 0.375. The Labute approximate surface area is 181 Å². The van der Waals surface area contributed by atoms with Crippen molar-refractivity contribution >= 4 is 11.6 Å². The van der Waals surface area contributed by atoms with Crippen LogP contribution in [0.15, 0.2) is 109 Å². The number of carbonyl (C=O) groups is 2. The minimum Gasteiger partial charge on any atom is -0.372 e. The Morgan fingerprint density at radius 3 is 1.03 bits per heavy atom. The summed E-state index contributed by atoms with van der Waals surface area (Å²) in [4.78, 5) is 24.2. The molecule has 152 valence electrons. The molecule has 31 heavy (non-hydrogen) atoms. The first kappa shape index (κ1) is 20.5. The van der Waals surface area contributed by atoms with Crippen LogP contribution in [-0.4, -0.2) is 11.6 Å². The first-order valence-corrected chi connectivity index (χ1v) is 10.2. The van der Waals surface area contributed by atoms with Crippen LogP contribution in [0.25, 0.3) is 0 Å². The van der Waals surface area contributed by atoms with Gasteiger partial charge in [0.2, 0.25) is 0 Å². The van der Waals surface area contributed by atoms with Gasteiger partial charge in [0.25, 0.3) is 0 Å². The molecule has 4 aromatic carbocycles. The predicted molar refractivity (Wildman–Crippen MR) is 121 cm³/mol. The minimum atomic E-state index is -0.0641. The molecule has 0 aliphatic heterocycles. The standard InChI is InChI=1S/C14H8O2.C14H14O/c15-13-9-5-1-2-6-10(9)14(16)12-8-4-3-7-11(12)13;1-3-7-13(8-4-1)11-15-12-14-9-5-2-6-10-14/h1-8H;1-10H,11-12H2. The fourth-order valence-corrected chi connectivity index (χ4v) is 3.48. The van der Waals surface area contributed by atoms with E-state index >= 15 is 0 Å². The molecule has 0 saturated heterocycles. The number of ether oxygens (including phenoxy) is 1. The molecule has 0 heterocycles. The fraction of sp³-hybridized carbons (Fsp3) is 0.0714. The lowest BCUT2D eigenvalue weighted by molar-refractivity contribution is 0.0979. The summed E-state index contributed by atoms with van der Waals surface area (Å²) in [7, 11) is 0. The van der Waals surface area contributed by atoms with Gasteiger partial charge in [-0.15, -0.1) is 0 Å². The molecule has 0 unspecified atom stereocenters. The smallest absolute Gasteiger partial charge is 0.194 e. The summed E-state index contributed by atoms with van der Waals surface area (Å²) in [6, 6.07) is 34.3. The molecule has 4 aromatic rings. The molecule has 0 saturated carbocycles. The zero-order valence-electron chi connectivity index (χ0n) is 17.0. The van der Waals surface area contributed by atoms with Crippen molar-refractivity contribution in [2.75, 3.05) is 0 Å². The zero-order valence-corrected chi connectivity index (χ0v) is 17.0. The molecule has 0 amide bonds. The van der Waals surface area contributed by atoms with Gasteiger partial charge in [0, 0.05) is 22.3 Å². The molecule has 1 aliphatic carbocycles. The monoisotopic (exact) mass is 406 g/mol. The average molecular weight is 406 g/mol. The largest absolute Gasteiger partial charge is 0.372 e. The van der Waals surface area contributed by atoms with E-state index in [2.05, 4.69) is 24.3 Å². The molecule has 0 atom stereocenters. The molecule has 1 aliphatic rings. The Morgan fingerprint density at radius 2 is 0.710 bits per heavy atom. The number of ketones is 2. The fourth-order valence-electron chi connectivity index (χ4n) is 3.48. The summed E-state index contributed by atoms with van der Waals surface area (Å²) in [6.07, 6.45) is 0. The zero-order chi connectivity index (χ0) is 21.5. The number of hydrogen-bond donors (Lipinski definition) is 0. The highest BCUT2D eigenvalue weighted by molar-refractivity contribution is 6.28. The predicted octanol–water partition coefficient (Wildman–Crippen LogP) is 5.87. The molecule has 0 bridgehead atoms. The molecule has 3 nitrogen and oxygen atoms in total. The maximum atomic E-state index is 12.1. The van der Waals surface area contributed by atoms with Crippen molar-refractivity contribution in [1.82, 2.24) is 0 Å². The number of carbonyl (C=O) groups excluding carboxylic acids is 2. The summed E-state index contributed by atoms with van der Waals surface area (Å²) in [5.41, 5.74) is 4.46.